The maximum absolute atomic E-state index is 10.8. The van der Waals surface area contributed by atoms with Crippen molar-refractivity contribution in [1.82, 2.24) is 0 Å². The Kier molecular flexibility index (Phi) is 3.09. The van der Waals surface area contributed by atoms with Crippen LogP contribution in [0, 0.1) is 0 Å². The van der Waals surface area contributed by atoms with E-state index in [0.29, 0.717) is 5.30 Å². The maximum Gasteiger partial charge on any atom is 0.218 e. The average Bonchev–Trinajstić information content (AvgIpc) is 2.30. The van der Waals surface area contributed by atoms with Crippen molar-refractivity contribution < 1.29 is 14.6 Å². The Morgan fingerprint density at radius 1 is 0.812 bits per heavy atom. The van der Waals surface area contributed by atoms with E-state index in [0.717, 1.165) is 11.1 Å². The molecule has 3 nitrogen and oxygen atoms in total. The van der Waals surface area contributed by atoms with Crippen LogP contribution >= 0.6 is 8.03 Å². The first-order valence-electron chi connectivity index (χ1n) is 4.79. The van der Waals surface area contributed by atoms with Crippen molar-refractivity contribution in [3.63, 3.8) is 0 Å². The maximum atomic E-state index is 10.8. The summed E-state index contributed by atoms with van der Waals surface area (Å²) in [5.41, 5.74) is 1.91. The lowest BCUT2D eigenvalue weighted by molar-refractivity contribution is 0.475. The molecule has 0 saturated carbocycles. The van der Waals surface area contributed by atoms with Crippen LogP contribution in [0.1, 0.15) is 0 Å². The van der Waals surface area contributed by atoms with Crippen LogP contribution in [0.2, 0.25) is 0 Å². The van der Waals surface area contributed by atoms with Gasteiger partial charge >= 0.3 is 0 Å². The van der Waals surface area contributed by atoms with Crippen LogP contribution in [0.3, 0.4) is 0 Å². The van der Waals surface area contributed by atoms with Crippen molar-refractivity contribution in [2.75, 3.05) is 0 Å². The zero-order chi connectivity index (χ0) is 11.5. The number of phenols is 1. The summed E-state index contributed by atoms with van der Waals surface area (Å²) in [6.07, 6.45) is 0. The van der Waals surface area contributed by atoms with Gasteiger partial charge in [0.05, 0.1) is 0 Å². The molecule has 0 aliphatic heterocycles. The molecule has 0 aliphatic rings. The van der Waals surface area contributed by atoms with Crippen LogP contribution in [0.25, 0.3) is 11.1 Å². The Bertz CT molecular complexity index is 503. The van der Waals surface area contributed by atoms with Gasteiger partial charge in [0, 0.05) is 5.30 Å². The molecule has 0 amide bonds. The third kappa shape index (κ3) is 2.32. The third-order valence-electron chi connectivity index (χ3n) is 2.33. The normalized spacial score (nSPS) is 12.3. The molecular weight excluding hydrogens is 223 g/mol. The Labute approximate surface area is 93.9 Å². The highest BCUT2D eigenvalue weighted by Crippen LogP contribution is 2.22. The second kappa shape index (κ2) is 4.52. The molecule has 0 aliphatic carbocycles. The van der Waals surface area contributed by atoms with Gasteiger partial charge in [0.1, 0.15) is 5.75 Å². The quantitative estimate of drug-likeness (QED) is 0.783. The molecule has 0 bridgehead atoms. The molecular formula is C12H11O3P. The Hall–Kier alpha value is -1.57. The summed E-state index contributed by atoms with van der Waals surface area (Å²) in [7, 11) is -2.61. The Morgan fingerprint density at radius 2 is 1.25 bits per heavy atom. The van der Waals surface area contributed by atoms with Gasteiger partial charge in [0.15, 0.2) is 0 Å². The highest BCUT2D eigenvalue weighted by atomic mass is 31.1. The molecule has 0 saturated heterocycles. The first kappa shape index (κ1) is 10.9. The van der Waals surface area contributed by atoms with E-state index in [4.69, 9.17) is 10.00 Å². The summed E-state index contributed by atoms with van der Waals surface area (Å²) in [4.78, 5) is 8.93. The van der Waals surface area contributed by atoms with E-state index in [1.807, 2.05) is 0 Å². The van der Waals surface area contributed by atoms with Crippen LogP contribution < -0.4 is 5.30 Å². The number of aromatic hydroxyl groups is 1. The zero-order valence-corrected chi connectivity index (χ0v) is 9.42. The summed E-state index contributed by atoms with van der Waals surface area (Å²) in [6.45, 7) is 0. The first-order chi connectivity index (χ1) is 7.66. The second-order valence-corrected chi connectivity index (χ2v) is 4.62. The fourth-order valence-corrected chi connectivity index (χ4v) is 1.91. The lowest BCUT2D eigenvalue weighted by Gasteiger charge is -2.02. The second-order valence-electron chi connectivity index (χ2n) is 3.43. The predicted molar refractivity (Wildman–Crippen MR) is 64.4 cm³/mol. The predicted octanol–water partition coefficient (Wildman–Crippen LogP) is 2.15. The molecule has 82 valence electrons. The Morgan fingerprint density at radius 3 is 1.69 bits per heavy atom. The van der Waals surface area contributed by atoms with Crippen molar-refractivity contribution >= 4 is 13.3 Å². The van der Waals surface area contributed by atoms with Gasteiger partial charge in [-0.3, -0.25) is 4.57 Å². The first-order valence-corrected chi connectivity index (χ1v) is 6.15. The van der Waals surface area contributed by atoms with E-state index in [9.17, 15) is 4.57 Å². The van der Waals surface area contributed by atoms with Gasteiger partial charge < -0.3 is 10.00 Å². The van der Waals surface area contributed by atoms with E-state index in [1.165, 1.54) is 0 Å². The molecule has 0 radical (unpaired) electrons. The van der Waals surface area contributed by atoms with Gasteiger partial charge in [-0.1, -0.05) is 24.3 Å². The molecule has 1 unspecified atom stereocenters. The summed E-state index contributed by atoms with van der Waals surface area (Å²) < 4.78 is 10.8. The molecule has 1 atom stereocenters. The van der Waals surface area contributed by atoms with Crippen molar-refractivity contribution in [1.29, 1.82) is 0 Å². The minimum absolute atomic E-state index is 0.223. The number of phenolic OH excluding ortho intramolecular Hbond substituents is 1. The molecule has 16 heavy (non-hydrogen) atoms. The topological polar surface area (TPSA) is 57.5 Å². The van der Waals surface area contributed by atoms with Gasteiger partial charge in [-0.25, -0.2) is 0 Å². The van der Waals surface area contributed by atoms with Crippen LogP contribution in [0.4, 0.5) is 0 Å². The van der Waals surface area contributed by atoms with Gasteiger partial charge in [-0.05, 0) is 35.4 Å². The largest absolute Gasteiger partial charge is 0.508 e. The fraction of sp³-hybridized carbons (Fsp3) is 0. The molecule has 0 heterocycles. The average molecular weight is 234 g/mol. The van der Waals surface area contributed by atoms with Crippen LogP contribution in [0.15, 0.2) is 48.5 Å². The lowest BCUT2D eigenvalue weighted by atomic mass is 10.1. The van der Waals surface area contributed by atoms with E-state index in [1.54, 1.807) is 48.5 Å². The van der Waals surface area contributed by atoms with Gasteiger partial charge in [0.25, 0.3) is 0 Å². The number of hydrogen-bond donors (Lipinski definition) is 2. The van der Waals surface area contributed by atoms with Crippen LogP contribution in [-0.2, 0) is 4.57 Å². The highest BCUT2D eigenvalue weighted by Gasteiger charge is 2.00. The molecule has 2 aromatic rings. The Balaban J connectivity index is 2.34. The fourth-order valence-electron chi connectivity index (χ4n) is 1.46. The SMILES string of the molecule is O=[PH](O)c1ccc(-c2ccc(O)cc2)cc1. The summed E-state index contributed by atoms with van der Waals surface area (Å²) in [5, 5.41) is 9.60. The van der Waals surface area contributed by atoms with Gasteiger partial charge in [-0.15, -0.1) is 0 Å². The molecule has 2 rings (SSSR count). The zero-order valence-electron chi connectivity index (χ0n) is 8.42. The highest BCUT2D eigenvalue weighted by molar-refractivity contribution is 7.47. The van der Waals surface area contributed by atoms with Gasteiger partial charge in [-0.2, -0.15) is 0 Å². The van der Waals surface area contributed by atoms with Crippen molar-refractivity contribution in [3.8, 4) is 16.9 Å². The summed E-state index contributed by atoms with van der Waals surface area (Å²) in [5.74, 6) is 0.223. The van der Waals surface area contributed by atoms with Gasteiger partial charge in [0.2, 0.25) is 8.03 Å². The number of rotatable bonds is 2. The van der Waals surface area contributed by atoms with E-state index >= 15 is 0 Å². The molecule has 2 aromatic carbocycles. The van der Waals surface area contributed by atoms with E-state index in [2.05, 4.69) is 0 Å². The number of benzene rings is 2. The third-order valence-corrected chi connectivity index (χ3v) is 3.16. The number of hydrogen-bond acceptors (Lipinski definition) is 2. The molecule has 0 aromatic heterocycles. The van der Waals surface area contributed by atoms with Crippen molar-refractivity contribution in [3.05, 3.63) is 48.5 Å². The van der Waals surface area contributed by atoms with E-state index < -0.39 is 8.03 Å². The molecule has 0 spiro atoms. The summed E-state index contributed by atoms with van der Waals surface area (Å²) in [6, 6.07) is 13.7. The summed E-state index contributed by atoms with van der Waals surface area (Å²) >= 11 is 0. The monoisotopic (exact) mass is 234 g/mol. The van der Waals surface area contributed by atoms with E-state index in [-0.39, 0.29) is 5.75 Å². The van der Waals surface area contributed by atoms with Crippen LogP contribution in [-0.4, -0.2) is 10.00 Å². The minimum atomic E-state index is -2.61. The van der Waals surface area contributed by atoms with Crippen molar-refractivity contribution in [2.45, 2.75) is 0 Å². The molecule has 4 heteroatoms. The smallest absolute Gasteiger partial charge is 0.218 e. The minimum Gasteiger partial charge on any atom is -0.508 e. The molecule has 0 fully saturated rings. The molecule has 2 N–H and O–H groups in total. The standard InChI is InChI=1S/C12H11O3P/c13-11-5-1-9(2-6-11)10-3-7-12(8-4-10)16(14)15/h1-8,13,16H,(H,14,15). The van der Waals surface area contributed by atoms with Crippen molar-refractivity contribution in [2.24, 2.45) is 0 Å². The lowest BCUT2D eigenvalue weighted by Crippen LogP contribution is -1.93. The van der Waals surface area contributed by atoms with Crippen LogP contribution in [0.5, 0.6) is 5.75 Å².